The van der Waals surface area contributed by atoms with Gasteiger partial charge in [-0.15, -0.1) is 0 Å². The number of hydrogen-bond acceptors (Lipinski definition) is 4. The molecule has 1 heterocycles. The average Bonchev–Trinajstić information content (AvgIpc) is 2.54. The van der Waals surface area contributed by atoms with Crippen molar-refractivity contribution in [2.75, 3.05) is 7.05 Å². The van der Waals surface area contributed by atoms with Crippen molar-refractivity contribution in [2.24, 2.45) is 0 Å². The SMILES string of the molecule is CC(C)Oc1cccc(CN(C)C(=O)c2cccc(C(=O)O)n2)c1. The van der Waals surface area contributed by atoms with Gasteiger partial charge in [0, 0.05) is 13.6 Å². The lowest BCUT2D eigenvalue weighted by Crippen LogP contribution is -2.27. The highest BCUT2D eigenvalue weighted by Gasteiger charge is 2.16. The van der Waals surface area contributed by atoms with Gasteiger partial charge < -0.3 is 14.7 Å². The fourth-order valence-corrected chi connectivity index (χ4v) is 2.20. The molecule has 0 saturated carbocycles. The van der Waals surface area contributed by atoms with Crippen LogP contribution in [-0.2, 0) is 6.54 Å². The van der Waals surface area contributed by atoms with Crippen molar-refractivity contribution in [2.45, 2.75) is 26.5 Å². The van der Waals surface area contributed by atoms with Crippen LogP contribution in [0.3, 0.4) is 0 Å². The summed E-state index contributed by atoms with van der Waals surface area (Å²) in [5, 5.41) is 8.97. The molecule has 6 heteroatoms. The molecule has 0 aliphatic heterocycles. The lowest BCUT2D eigenvalue weighted by molar-refractivity contribution is 0.0690. The van der Waals surface area contributed by atoms with Crippen LogP contribution in [0, 0.1) is 0 Å². The van der Waals surface area contributed by atoms with E-state index in [1.165, 1.54) is 23.1 Å². The van der Waals surface area contributed by atoms with Crippen molar-refractivity contribution < 1.29 is 19.4 Å². The van der Waals surface area contributed by atoms with Gasteiger partial charge in [-0.05, 0) is 43.7 Å². The number of hydrogen-bond donors (Lipinski definition) is 1. The molecule has 0 fully saturated rings. The summed E-state index contributed by atoms with van der Waals surface area (Å²) in [7, 11) is 1.65. The molecule has 6 nitrogen and oxygen atoms in total. The number of aromatic carboxylic acids is 1. The zero-order valence-electron chi connectivity index (χ0n) is 13.9. The molecule has 2 aromatic rings. The number of carboxylic acids is 1. The van der Waals surface area contributed by atoms with Crippen LogP contribution < -0.4 is 4.74 Å². The van der Waals surface area contributed by atoms with E-state index in [-0.39, 0.29) is 23.4 Å². The van der Waals surface area contributed by atoms with Crippen LogP contribution >= 0.6 is 0 Å². The summed E-state index contributed by atoms with van der Waals surface area (Å²) in [5.74, 6) is -0.756. The molecule has 1 aromatic carbocycles. The summed E-state index contributed by atoms with van der Waals surface area (Å²) in [6, 6.07) is 11.9. The molecule has 24 heavy (non-hydrogen) atoms. The van der Waals surface area contributed by atoms with Gasteiger partial charge in [-0.1, -0.05) is 18.2 Å². The largest absolute Gasteiger partial charge is 0.491 e. The average molecular weight is 328 g/mol. The van der Waals surface area contributed by atoms with Gasteiger partial charge in [-0.3, -0.25) is 4.79 Å². The number of nitrogens with zero attached hydrogens (tertiary/aromatic N) is 2. The van der Waals surface area contributed by atoms with Crippen molar-refractivity contribution in [3.05, 3.63) is 59.4 Å². The van der Waals surface area contributed by atoms with Gasteiger partial charge in [0.1, 0.15) is 17.1 Å². The Bertz CT molecular complexity index is 743. The molecule has 2 rings (SSSR count). The van der Waals surface area contributed by atoms with Gasteiger partial charge in [0.25, 0.3) is 5.91 Å². The van der Waals surface area contributed by atoms with Crippen LogP contribution in [-0.4, -0.2) is 40.0 Å². The molecular formula is C18H20N2O4. The van der Waals surface area contributed by atoms with Crippen molar-refractivity contribution in [1.29, 1.82) is 0 Å². The van der Waals surface area contributed by atoms with Crippen molar-refractivity contribution >= 4 is 11.9 Å². The monoisotopic (exact) mass is 328 g/mol. The summed E-state index contributed by atoms with van der Waals surface area (Å²) in [6.07, 6.45) is 0.0718. The third kappa shape index (κ3) is 4.55. The number of pyridine rings is 1. The molecule has 0 atom stereocenters. The number of carbonyl (C=O) groups excluding carboxylic acids is 1. The number of carboxylic acid groups (broad SMARTS) is 1. The number of ether oxygens (including phenoxy) is 1. The highest BCUT2D eigenvalue weighted by atomic mass is 16.5. The van der Waals surface area contributed by atoms with Crippen LogP contribution in [0.1, 0.15) is 40.4 Å². The first kappa shape index (κ1) is 17.5. The summed E-state index contributed by atoms with van der Waals surface area (Å²) in [5.41, 5.74) is 0.868. The Morgan fingerprint density at radius 1 is 1.17 bits per heavy atom. The Kier molecular flexibility index (Phi) is 5.52. The van der Waals surface area contributed by atoms with Crippen LogP contribution in [0.25, 0.3) is 0 Å². The van der Waals surface area contributed by atoms with Gasteiger partial charge in [0.15, 0.2) is 0 Å². The molecule has 0 aliphatic rings. The van der Waals surface area contributed by atoms with Crippen LogP contribution in [0.5, 0.6) is 5.75 Å². The standard InChI is InChI=1S/C18H20N2O4/c1-12(2)24-14-7-4-6-13(10-14)11-20(3)17(21)15-8-5-9-16(19-15)18(22)23/h4-10,12H,11H2,1-3H3,(H,22,23). The van der Waals surface area contributed by atoms with Crippen LogP contribution in [0.2, 0.25) is 0 Å². The summed E-state index contributed by atoms with van der Waals surface area (Å²) in [6.45, 7) is 4.26. The summed E-state index contributed by atoms with van der Waals surface area (Å²) < 4.78 is 5.64. The maximum atomic E-state index is 12.4. The van der Waals surface area contributed by atoms with Crippen molar-refractivity contribution in [3.8, 4) is 5.75 Å². The fourth-order valence-electron chi connectivity index (χ4n) is 2.20. The lowest BCUT2D eigenvalue weighted by atomic mass is 10.2. The fraction of sp³-hybridized carbons (Fsp3) is 0.278. The smallest absolute Gasteiger partial charge is 0.354 e. The van der Waals surface area contributed by atoms with E-state index in [1.807, 2.05) is 38.1 Å². The number of aromatic nitrogens is 1. The number of benzene rings is 1. The van der Waals surface area contributed by atoms with Crippen LogP contribution in [0.4, 0.5) is 0 Å². The Morgan fingerprint density at radius 3 is 2.50 bits per heavy atom. The molecule has 0 unspecified atom stereocenters. The second-order valence-corrected chi connectivity index (χ2v) is 5.69. The normalized spacial score (nSPS) is 10.5. The van der Waals surface area contributed by atoms with E-state index in [9.17, 15) is 9.59 Å². The molecule has 1 aromatic heterocycles. The molecule has 1 amide bonds. The second kappa shape index (κ2) is 7.59. The van der Waals surface area contributed by atoms with E-state index in [1.54, 1.807) is 7.05 Å². The van der Waals surface area contributed by atoms with E-state index in [4.69, 9.17) is 9.84 Å². The predicted octanol–water partition coefficient (Wildman–Crippen LogP) is 2.84. The van der Waals surface area contributed by atoms with Gasteiger partial charge in [0.2, 0.25) is 0 Å². The first-order chi connectivity index (χ1) is 11.4. The maximum absolute atomic E-state index is 12.4. The molecular weight excluding hydrogens is 308 g/mol. The molecule has 0 bridgehead atoms. The second-order valence-electron chi connectivity index (χ2n) is 5.69. The van der Waals surface area contributed by atoms with E-state index < -0.39 is 5.97 Å². The van der Waals surface area contributed by atoms with Crippen molar-refractivity contribution in [3.63, 3.8) is 0 Å². The number of amides is 1. The first-order valence-electron chi connectivity index (χ1n) is 7.58. The zero-order valence-corrected chi connectivity index (χ0v) is 13.9. The first-order valence-corrected chi connectivity index (χ1v) is 7.58. The Morgan fingerprint density at radius 2 is 1.83 bits per heavy atom. The van der Waals surface area contributed by atoms with E-state index in [2.05, 4.69) is 4.98 Å². The van der Waals surface area contributed by atoms with Gasteiger partial charge in [-0.25, -0.2) is 9.78 Å². The molecule has 0 aliphatic carbocycles. The summed E-state index contributed by atoms with van der Waals surface area (Å²) >= 11 is 0. The number of carbonyl (C=O) groups is 2. The zero-order chi connectivity index (χ0) is 17.7. The Labute approximate surface area is 140 Å². The highest BCUT2D eigenvalue weighted by molar-refractivity contribution is 5.94. The Hall–Kier alpha value is -2.89. The molecule has 0 spiro atoms. The van der Waals surface area contributed by atoms with E-state index in [0.29, 0.717) is 6.54 Å². The minimum atomic E-state index is -1.16. The van der Waals surface area contributed by atoms with Gasteiger partial charge >= 0.3 is 5.97 Å². The van der Waals surface area contributed by atoms with Crippen molar-refractivity contribution in [1.82, 2.24) is 9.88 Å². The summed E-state index contributed by atoms with van der Waals surface area (Å²) in [4.78, 5) is 28.8. The molecule has 1 N–H and O–H groups in total. The minimum Gasteiger partial charge on any atom is -0.491 e. The van der Waals surface area contributed by atoms with Gasteiger partial charge in [-0.2, -0.15) is 0 Å². The third-order valence-electron chi connectivity index (χ3n) is 3.22. The quantitative estimate of drug-likeness (QED) is 0.882. The van der Waals surface area contributed by atoms with E-state index >= 15 is 0 Å². The molecule has 0 saturated heterocycles. The predicted molar refractivity (Wildman–Crippen MR) is 89.2 cm³/mol. The van der Waals surface area contributed by atoms with Crippen LogP contribution in [0.15, 0.2) is 42.5 Å². The van der Waals surface area contributed by atoms with E-state index in [0.717, 1.165) is 11.3 Å². The van der Waals surface area contributed by atoms with Gasteiger partial charge in [0.05, 0.1) is 6.10 Å². The lowest BCUT2D eigenvalue weighted by Gasteiger charge is -2.18. The Balaban J connectivity index is 2.11. The highest BCUT2D eigenvalue weighted by Crippen LogP contribution is 2.16. The maximum Gasteiger partial charge on any atom is 0.354 e. The number of rotatable bonds is 6. The third-order valence-corrected chi connectivity index (χ3v) is 3.22. The molecule has 0 radical (unpaired) electrons. The molecule has 126 valence electrons. The topological polar surface area (TPSA) is 79.7 Å². The minimum absolute atomic E-state index is 0.0718.